The molecule has 7 heteroatoms. The van der Waals surface area contributed by atoms with Crippen molar-refractivity contribution in [3.63, 3.8) is 0 Å². The van der Waals surface area contributed by atoms with E-state index < -0.39 is 5.82 Å². The number of Topliss-reactive ketones (excluding diaryl/α,β-unsaturated/α-hetero) is 1. The van der Waals surface area contributed by atoms with Crippen molar-refractivity contribution in [3.05, 3.63) is 127 Å². The lowest BCUT2D eigenvalue weighted by atomic mass is 9.96. The first-order valence-corrected chi connectivity index (χ1v) is 13.0. The number of ketones is 1. The van der Waals surface area contributed by atoms with E-state index in [0.29, 0.717) is 35.3 Å². The first-order valence-electron chi connectivity index (χ1n) is 12.2. The molecule has 0 amide bonds. The van der Waals surface area contributed by atoms with E-state index >= 15 is 0 Å². The van der Waals surface area contributed by atoms with Crippen LogP contribution in [0.3, 0.4) is 0 Å². The number of aryl methyl sites for hydroxylation is 2. The van der Waals surface area contributed by atoms with Crippen molar-refractivity contribution in [3.8, 4) is 11.5 Å². The topological polar surface area (TPSA) is 35.5 Å². The molecule has 0 heterocycles. The lowest BCUT2D eigenvalue weighted by molar-refractivity contribution is 0.101. The summed E-state index contributed by atoms with van der Waals surface area (Å²) in [6.07, 6.45) is 0.907. The number of carbonyl (C=O) groups excluding carboxylic acids is 1. The van der Waals surface area contributed by atoms with Gasteiger partial charge in [0.2, 0.25) is 0 Å². The molecule has 0 unspecified atom stereocenters. The highest BCUT2D eigenvalue weighted by atomic mass is 35.5. The van der Waals surface area contributed by atoms with Crippen LogP contribution in [0.5, 0.6) is 11.5 Å². The van der Waals surface area contributed by atoms with Gasteiger partial charge >= 0.3 is 0 Å². The lowest BCUT2D eigenvalue weighted by Gasteiger charge is -2.13. The zero-order valence-corrected chi connectivity index (χ0v) is 24.0. The first-order chi connectivity index (χ1) is 18.5. The van der Waals surface area contributed by atoms with Crippen molar-refractivity contribution in [2.75, 3.05) is 14.2 Å². The molecule has 204 valence electrons. The normalized spacial score (nSPS) is 10.5. The van der Waals surface area contributed by atoms with E-state index in [-0.39, 0.29) is 21.6 Å². The van der Waals surface area contributed by atoms with Crippen molar-refractivity contribution in [2.24, 2.45) is 0 Å². The zero-order valence-electron chi connectivity index (χ0n) is 22.5. The number of halogens is 4. The summed E-state index contributed by atoms with van der Waals surface area (Å²) in [7, 11) is 3.16. The first kappa shape index (κ1) is 30.1. The molecular formula is C32H30Cl2F2O3. The van der Waals surface area contributed by atoms with E-state index in [0.717, 1.165) is 28.0 Å². The minimum atomic E-state index is -0.418. The van der Waals surface area contributed by atoms with Gasteiger partial charge in [-0.25, -0.2) is 8.78 Å². The highest BCUT2D eigenvalue weighted by molar-refractivity contribution is 6.31. The van der Waals surface area contributed by atoms with Gasteiger partial charge in [0.15, 0.2) is 5.78 Å². The predicted octanol–water partition coefficient (Wildman–Crippen LogP) is 8.98. The largest absolute Gasteiger partial charge is 0.497 e. The molecule has 0 saturated heterocycles. The molecule has 4 aromatic rings. The molecule has 3 nitrogen and oxygen atoms in total. The maximum atomic E-state index is 14.0. The Hall–Kier alpha value is -3.41. The molecule has 4 aromatic carbocycles. The Morgan fingerprint density at radius 3 is 1.74 bits per heavy atom. The standard InChI is InChI=1S/C17H16ClFO2.C15H14ClFO/c1-10-7-16(21-3)14(11(2)20)9-13(10)8-12-5-4-6-15(18)17(12)19;1-10-8-13(18-2)7-6-11(10)9-12-4-3-5-14(16)15(12)17/h4-7,9H,8H2,1-3H3;3-8H,9H2,1-2H3. The zero-order chi connectivity index (χ0) is 28.7. The molecule has 0 aromatic heterocycles. The van der Waals surface area contributed by atoms with E-state index in [9.17, 15) is 13.6 Å². The minimum Gasteiger partial charge on any atom is -0.497 e. The molecule has 0 aliphatic rings. The second kappa shape index (κ2) is 13.6. The van der Waals surface area contributed by atoms with Gasteiger partial charge in [-0.1, -0.05) is 53.5 Å². The number of carbonyl (C=O) groups is 1. The molecule has 0 aliphatic carbocycles. The lowest BCUT2D eigenvalue weighted by Crippen LogP contribution is -2.03. The molecule has 0 aliphatic heterocycles. The molecule has 0 saturated carbocycles. The third-order valence-corrected chi connectivity index (χ3v) is 7.00. The van der Waals surface area contributed by atoms with Gasteiger partial charge in [-0.3, -0.25) is 4.79 Å². The van der Waals surface area contributed by atoms with E-state index in [1.165, 1.54) is 20.1 Å². The van der Waals surface area contributed by atoms with Crippen molar-refractivity contribution in [1.29, 1.82) is 0 Å². The smallest absolute Gasteiger partial charge is 0.163 e. The van der Waals surface area contributed by atoms with Crippen LogP contribution < -0.4 is 9.47 Å². The average Bonchev–Trinajstić information content (AvgIpc) is 2.91. The molecule has 0 spiro atoms. The maximum Gasteiger partial charge on any atom is 0.163 e. The van der Waals surface area contributed by atoms with Crippen LogP contribution in [0.25, 0.3) is 0 Å². The van der Waals surface area contributed by atoms with Crippen LogP contribution >= 0.6 is 23.2 Å². The summed E-state index contributed by atoms with van der Waals surface area (Å²) in [5, 5.41) is 0.268. The molecule has 0 fully saturated rings. The summed E-state index contributed by atoms with van der Waals surface area (Å²) in [5.74, 6) is 0.506. The highest BCUT2D eigenvalue weighted by Gasteiger charge is 2.14. The Balaban J connectivity index is 0.000000218. The molecule has 0 atom stereocenters. The number of ether oxygens (including phenoxy) is 2. The monoisotopic (exact) mass is 570 g/mol. The molecular weight excluding hydrogens is 541 g/mol. The summed E-state index contributed by atoms with van der Waals surface area (Å²) in [6.45, 7) is 5.38. The van der Waals surface area contributed by atoms with Gasteiger partial charge in [0, 0.05) is 12.8 Å². The van der Waals surface area contributed by atoms with Gasteiger partial charge < -0.3 is 9.47 Å². The second-order valence-corrected chi connectivity index (χ2v) is 9.92. The summed E-state index contributed by atoms with van der Waals surface area (Å²) < 4.78 is 38.2. The van der Waals surface area contributed by atoms with Crippen LogP contribution in [0.1, 0.15) is 50.7 Å². The average molecular weight is 571 g/mol. The van der Waals surface area contributed by atoms with Gasteiger partial charge in [0.05, 0.1) is 29.8 Å². The Morgan fingerprint density at radius 1 is 0.718 bits per heavy atom. The molecule has 0 N–H and O–H groups in total. The fraction of sp³-hybridized carbons (Fsp3) is 0.219. The van der Waals surface area contributed by atoms with Crippen LogP contribution in [0.15, 0.2) is 66.7 Å². The van der Waals surface area contributed by atoms with Crippen LogP contribution in [0, 0.1) is 25.5 Å². The number of rotatable bonds is 7. The Morgan fingerprint density at radius 2 is 1.26 bits per heavy atom. The van der Waals surface area contributed by atoms with Gasteiger partial charge in [-0.2, -0.15) is 0 Å². The Labute approximate surface area is 238 Å². The van der Waals surface area contributed by atoms with Gasteiger partial charge in [0.1, 0.15) is 23.1 Å². The van der Waals surface area contributed by atoms with Crippen molar-refractivity contribution >= 4 is 29.0 Å². The van der Waals surface area contributed by atoms with E-state index in [1.54, 1.807) is 49.6 Å². The summed E-state index contributed by atoms with van der Waals surface area (Å²) in [6, 6.07) is 19.3. The predicted molar refractivity (Wildman–Crippen MR) is 154 cm³/mol. The van der Waals surface area contributed by atoms with Crippen LogP contribution in [0.2, 0.25) is 10.0 Å². The van der Waals surface area contributed by atoms with E-state index in [1.807, 2.05) is 32.0 Å². The number of hydrogen-bond donors (Lipinski definition) is 0. The molecule has 0 radical (unpaired) electrons. The van der Waals surface area contributed by atoms with Gasteiger partial charge in [-0.05, 0) is 90.6 Å². The van der Waals surface area contributed by atoms with E-state index in [4.69, 9.17) is 32.7 Å². The van der Waals surface area contributed by atoms with Gasteiger partial charge in [-0.15, -0.1) is 0 Å². The third-order valence-electron chi connectivity index (χ3n) is 6.41. The van der Waals surface area contributed by atoms with Crippen molar-refractivity contribution in [1.82, 2.24) is 0 Å². The summed E-state index contributed by atoms with van der Waals surface area (Å²) in [5.41, 5.74) is 5.57. The number of hydrogen-bond acceptors (Lipinski definition) is 3. The minimum absolute atomic E-state index is 0.0836. The van der Waals surface area contributed by atoms with Gasteiger partial charge in [0.25, 0.3) is 0 Å². The van der Waals surface area contributed by atoms with Crippen molar-refractivity contribution < 1.29 is 23.0 Å². The fourth-order valence-corrected chi connectivity index (χ4v) is 4.52. The van der Waals surface area contributed by atoms with Crippen LogP contribution in [0.4, 0.5) is 8.78 Å². The quantitative estimate of drug-likeness (QED) is 0.208. The van der Waals surface area contributed by atoms with Crippen LogP contribution in [-0.4, -0.2) is 20.0 Å². The Bertz CT molecular complexity index is 1480. The Kier molecular flexibility index (Phi) is 10.5. The highest BCUT2D eigenvalue weighted by Crippen LogP contribution is 2.28. The molecule has 39 heavy (non-hydrogen) atoms. The molecule has 0 bridgehead atoms. The second-order valence-electron chi connectivity index (χ2n) is 9.11. The number of methoxy groups -OCH3 is 2. The van der Waals surface area contributed by atoms with E-state index in [2.05, 4.69) is 0 Å². The molecule has 4 rings (SSSR count). The fourth-order valence-electron chi connectivity index (χ4n) is 4.13. The SMILES string of the molecule is COc1cc(C)c(Cc2cccc(Cl)c2F)cc1C(C)=O.COc1ccc(Cc2cccc(Cl)c2F)c(C)c1. The van der Waals surface area contributed by atoms with Crippen LogP contribution in [-0.2, 0) is 12.8 Å². The maximum absolute atomic E-state index is 14.0. The third kappa shape index (κ3) is 7.59. The number of benzene rings is 4. The summed E-state index contributed by atoms with van der Waals surface area (Å²) >= 11 is 11.6. The summed E-state index contributed by atoms with van der Waals surface area (Å²) in [4.78, 5) is 11.7. The van der Waals surface area contributed by atoms with Crippen molar-refractivity contribution in [2.45, 2.75) is 33.6 Å².